The van der Waals surface area contributed by atoms with Crippen LogP contribution >= 0.6 is 0 Å². The van der Waals surface area contributed by atoms with Gasteiger partial charge >= 0.3 is 0 Å². The number of hydrogen-bond donors (Lipinski definition) is 2. The highest BCUT2D eigenvalue weighted by molar-refractivity contribution is 5.45. The van der Waals surface area contributed by atoms with Crippen LogP contribution in [0.4, 0.5) is 16.2 Å². The van der Waals surface area contributed by atoms with Gasteiger partial charge in [-0.15, -0.1) is 0 Å². The first-order valence-electron chi connectivity index (χ1n) is 6.40. The van der Waals surface area contributed by atoms with Gasteiger partial charge in [0.2, 0.25) is 5.95 Å². The maximum atomic E-state index is 13.8. The molecule has 1 saturated heterocycles. The van der Waals surface area contributed by atoms with E-state index in [-0.39, 0.29) is 12.6 Å². The van der Waals surface area contributed by atoms with Crippen LogP contribution in [-0.2, 0) is 0 Å². The van der Waals surface area contributed by atoms with Crippen LogP contribution in [0.5, 0.6) is 0 Å². The molecule has 0 amide bonds. The molecule has 0 bridgehead atoms. The predicted octanol–water partition coefficient (Wildman–Crippen LogP) is 1.40. The lowest BCUT2D eigenvalue weighted by Gasteiger charge is -2.25. The molecular weight excluding hydrogens is 235 g/mol. The molecule has 0 aliphatic carbocycles. The van der Waals surface area contributed by atoms with E-state index in [0.717, 1.165) is 19.4 Å². The number of nitrogens with one attached hydrogen (secondary N) is 1. The summed E-state index contributed by atoms with van der Waals surface area (Å²) in [5, 5.41) is 12.0. The van der Waals surface area contributed by atoms with Crippen LogP contribution in [0.3, 0.4) is 0 Å². The largest absolute Gasteiger partial charge is 0.396 e. The molecule has 0 saturated carbocycles. The third-order valence-corrected chi connectivity index (χ3v) is 3.17. The molecule has 1 atom stereocenters. The second-order valence-electron chi connectivity index (χ2n) is 4.40. The Morgan fingerprint density at radius 3 is 3.17 bits per heavy atom. The molecule has 0 radical (unpaired) electrons. The first-order valence-corrected chi connectivity index (χ1v) is 6.40. The fourth-order valence-electron chi connectivity index (χ4n) is 2.37. The molecule has 1 aromatic heterocycles. The van der Waals surface area contributed by atoms with Crippen LogP contribution in [-0.4, -0.2) is 40.8 Å². The van der Waals surface area contributed by atoms with Crippen molar-refractivity contribution < 1.29 is 9.50 Å². The minimum Gasteiger partial charge on any atom is -0.396 e. The quantitative estimate of drug-likeness (QED) is 0.831. The number of aliphatic hydroxyl groups is 1. The molecule has 2 heterocycles. The van der Waals surface area contributed by atoms with Crippen molar-refractivity contribution in [2.24, 2.45) is 0 Å². The Morgan fingerprint density at radius 1 is 1.61 bits per heavy atom. The summed E-state index contributed by atoms with van der Waals surface area (Å²) in [5.41, 5.74) is 0. The highest BCUT2D eigenvalue weighted by Gasteiger charge is 2.27. The van der Waals surface area contributed by atoms with Gasteiger partial charge in [0.25, 0.3) is 0 Å². The van der Waals surface area contributed by atoms with Crippen molar-refractivity contribution in [1.29, 1.82) is 0 Å². The molecule has 5 nitrogen and oxygen atoms in total. The number of aromatic nitrogens is 2. The van der Waals surface area contributed by atoms with E-state index in [0.29, 0.717) is 24.7 Å². The number of rotatable bonds is 5. The maximum Gasteiger partial charge on any atom is 0.224 e. The molecule has 2 N–H and O–H groups in total. The van der Waals surface area contributed by atoms with Gasteiger partial charge in [0, 0.05) is 25.7 Å². The first kappa shape index (κ1) is 13.0. The maximum absolute atomic E-state index is 13.8. The highest BCUT2D eigenvalue weighted by Crippen LogP contribution is 2.28. The number of nitrogens with zero attached hydrogens (tertiary/aromatic N) is 3. The van der Waals surface area contributed by atoms with Crippen molar-refractivity contribution >= 4 is 11.8 Å². The third kappa shape index (κ3) is 2.69. The molecule has 2 rings (SSSR count). The van der Waals surface area contributed by atoms with Crippen molar-refractivity contribution in [3.05, 3.63) is 12.0 Å². The Hall–Kier alpha value is -1.43. The van der Waals surface area contributed by atoms with Gasteiger partial charge in [0.1, 0.15) is 0 Å². The fourth-order valence-corrected chi connectivity index (χ4v) is 2.37. The summed E-state index contributed by atoms with van der Waals surface area (Å²) in [6.07, 6.45) is 3.83. The zero-order valence-electron chi connectivity index (χ0n) is 10.6. The van der Waals surface area contributed by atoms with Gasteiger partial charge in [-0.3, -0.25) is 0 Å². The average Bonchev–Trinajstić information content (AvgIpc) is 2.81. The number of aliphatic hydroxyl groups excluding tert-OH is 1. The van der Waals surface area contributed by atoms with E-state index in [1.54, 1.807) is 0 Å². The second kappa shape index (κ2) is 5.95. The van der Waals surface area contributed by atoms with Crippen LogP contribution in [0.1, 0.15) is 26.2 Å². The van der Waals surface area contributed by atoms with Gasteiger partial charge in [0.15, 0.2) is 11.6 Å². The zero-order chi connectivity index (χ0) is 13.0. The van der Waals surface area contributed by atoms with Crippen molar-refractivity contribution in [1.82, 2.24) is 9.97 Å². The Balaban J connectivity index is 2.22. The van der Waals surface area contributed by atoms with E-state index in [1.165, 1.54) is 6.20 Å². The van der Waals surface area contributed by atoms with Crippen molar-refractivity contribution in [3.63, 3.8) is 0 Å². The highest BCUT2D eigenvalue weighted by atomic mass is 19.1. The van der Waals surface area contributed by atoms with Gasteiger partial charge in [-0.1, -0.05) is 0 Å². The summed E-state index contributed by atoms with van der Waals surface area (Å²) in [4.78, 5) is 10.1. The first-order chi connectivity index (χ1) is 8.76. The molecule has 0 aromatic carbocycles. The van der Waals surface area contributed by atoms with Crippen LogP contribution in [0.2, 0.25) is 0 Å². The van der Waals surface area contributed by atoms with E-state index >= 15 is 0 Å². The summed E-state index contributed by atoms with van der Waals surface area (Å²) in [6, 6.07) is 0.175. The Labute approximate surface area is 106 Å². The van der Waals surface area contributed by atoms with E-state index in [4.69, 9.17) is 5.11 Å². The lowest BCUT2D eigenvalue weighted by Crippen LogP contribution is -2.31. The Bertz CT molecular complexity index is 402. The topological polar surface area (TPSA) is 61.3 Å². The second-order valence-corrected chi connectivity index (χ2v) is 4.40. The SMILES string of the molecule is CCNc1ncc(F)c(N2CCCC2CCO)n1. The molecule has 1 aliphatic rings. The standard InChI is InChI=1S/C12H19FN4O/c1-2-14-12-15-8-10(13)11(16-12)17-6-3-4-9(17)5-7-18/h8-9,18H,2-7H2,1H3,(H,14,15,16). The van der Waals surface area contributed by atoms with Crippen LogP contribution < -0.4 is 10.2 Å². The number of halogens is 1. The molecule has 6 heteroatoms. The van der Waals surface area contributed by atoms with Gasteiger partial charge in [-0.25, -0.2) is 9.37 Å². The van der Waals surface area contributed by atoms with Crippen molar-refractivity contribution in [3.8, 4) is 0 Å². The molecule has 1 aliphatic heterocycles. The smallest absolute Gasteiger partial charge is 0.224 e. The summed E-state index contributed by atoms with van der Waals surface area (Å²) < 4.78 is 13.8. The van der Waals surface area contributed by atoms with E-state index in [1.807, 2.05) is 11.8 Å². The average molecular weight is 254 g/mol. The van der Waals surface area contributed by atoms with Gasteiger partial charge < -0.3 is 15.3 Å². The van der Waals surface area contributed by atoms with Gasteiger partial charge in [-0.2, -0.15) is 4.98 Å². The molecule has 100 valence electrons. The number of hydrogen-bond acceptors (Lipinski definition) is 5. The molecular formula is C12H19FN4O. The molecule has 1 aromatic rings. The van der Waals surface area contributed by atoms with E-state index < -0.39 is 5.82 Å². The Morgan fingerprint density at radius 2 is 2.44 bits per heavy atom. The fraction of sp³-hybridized carbons (Fsp3) is 0.667. The van der Waals surface area contributed by atoms with Crippen molar-refractivity contribution in [2.45, 2.75) is 32.2 Å². The van der Waals surface area contributed by atoms with E-state index in [9.17, 15) is 4.39 Å². The molecule has 18 heavy (non-hydrogen) atoms. The molecule has 1 fully saturated rings. The molecule has 0 spiro atoms. The van der Waals surface area contributed by atoms with Crippen LogP contribution in [0, 0.1) is 5.82 Å². The van der Waals surface area contributed by atoms with Gasteiger partial charge in [-0.05, 0) is 26.2 Å². The number of anilines is 2. The Kier molecular flexibility index (Phi) is 4.30. The molecule has 1 unspecified atom stereocenters. The minimum absolute atomic E-state index is 0.119. The zero-order valence-corrected chi connectivity index (χ0v) is 10.6. The lowest BCUT2D eigenvalue weighted by molar-refractivity contribution is 0.275. The third-order valence-electron chi connectivity index (χ3n) is 3.17. The van der Waals surface area contributed by atoms with Gasteiger partial charge in [0.05, 0.1) is 6.20 Å². The summed E-state index contributed by atoms with van der Waals surface area (Å²) >= 11 is 0. The lowest BCUT2D eigenvalue weighted by atomic mass is 10.1. The van der Waals surface area contributed by atoms with E-state index in [2.05, 4.69) is 15.3 Å². The van der Waals surface area contributed by atoms with Crippen LogP contribution in [0.25, 0.3) is 0 Å². The predicted molar refractivity (Wildman–Crippen MR) is 68.2 cm³/mol. The summed E-state index contributed by atoms with van der Waals surface area (Å²) in [7, 11) is 0. The minimum atomic E-state index is -0.401. The monoisotopic (exact) mass is 254 g/mol. The summed E-state index contributed by atoms with van der Waals surface area (Å²) in [6.45, 7) is 3.54. The van der Waals surface area contributed by atoms with Crippen molar-refractivity contribution in [2.75, 3.05) is 29.9 Å². The summed E-state index contributed by atoms with van der Waals surface area (Å²) in [5.74, 6) is 0.391. The normalized spacial score (nSPS) is 19.3. The van der Waals surface area contributed by atoms with Crippen LogP contribution in [0.15, 0.2) is 6.20 Å².